The van der Waals surface area contributed by atoms with Crippen molar-refractivity contribution in [2.45, 2.75) is 19.3 Å². The first-order valence-corrected chi connectivity index (χ1v) is 8.27. The minimum atomic E-state index is -0.487. The van der Waals surface area contributed by atoms with Gasteiger partial charge < -0.3 is 9.64 Å². The van der Waals surface area contributed by atoms with Gasteiger partial charge in [-0.2, -0.15) is 0 Å². The molecule has 0 aromatic heterocycles. The van der Waals surface area contributed by atoms with Crippen molar-refractivity contribution in [3.8, 4) is 0 Å². The second-order valence-corrected chi connectivity index (χ2v) is 6.18. The molecule has 0 fully saturated rings. The molecule has 0 saturated heterocycles. The first-order chi connectivity index (χ1) is 12.4. The van der Waals surface area contributed by atoms with E-state index in [1.54, 1.807) is 42.3 Å². The Kier molecular flexibility index (Phi) is 5.11. The summed E-state index contributed by atoms with van der Waals surface area (Å²) < 4.78 is 17.9. The molecule has 1 heterocycles. The Bertz CT molecular complexity index is 861. The first kappa shape index (κ1) is 17.8. The van der Waals surface area contributed by atoms with Gasteiger partial charge in [0.2, 0.25) is 5.91 Å². The second kappa shape index (κ2) is 7.47. The molecule has 1 aliphatic heterocycles. The number of ketones is 1. The largest absolute Gasteiger partial charge is 0.457 e. The fourth-order valence-corrected chi connectivity index (χ4v) is 2.84. The minimum Gasteiger partial charge on any atom is -0.457 e. The third kappa shape index (κ3) is 3.96. The number of anilines is 1. The van der Waals surface area contributed by atoms with E-state index in [0.717, 1.165) is 16.8 Å². The quantitative estimate of drug-likeness (QED) is 0.590. The molecule has 0 saturated carbocycles. The van der Waals surface area contributed by atoms with Gasteiger partial charge >= 0.3 is 5.97 Å². The highest BCUT2D eigenvalue weighted by molar-refractivity contribution is 6.03. The number of Topliss-reactive ketones (excluding diaryl/α,β-unsaturated/α-hetero) is 1. The number of amides is 1. The number of benzene rings is 2. The highest BCUT2D eigenvalue weighted by atomic mass is 19.1. The van der Waals surface area contributed by atoms with Crippen LogP contribution in [0.15, 0.2) is 42.5 Å². The lowest BCUT2D eigenvalue weighted by molar-refractivity contribution is -0.142. The summed E-state index contributed by atoms with van der Waals surface area (Å²) in [5.74, 6) is -1.15. The predicted molar refractivity (Wildman–Crippen MR) is 93.6 cm³/mol. The third-order valence-electron chi connectivity index (χ3n) is 4.37. The van der Waals surface area contributed by atoms with Gasteiger partial charge in [0.25, 0.3) is 0 Å². The number of fused-ring (bicyclic) bond motifs is 1. The maximum absolute atomic E-state index is 12.8. The lowest BCUT2D eigenvalue weighted by Gasteiger charge is -2.10. The highest BCUT2D eigenvalue weighted by Crippen LogP contribution is 2.28. The topological polar surface area (TPSA) is 63.7 Å². The fourth-order valence-electron chi connectivity index (χ4n) is 2.84. The van der Waals surface area contributed by atoms with Crippen LogP contribution in [0.5, 0.6) is 0 Å². The number of ether oxygens (including phenoxy) is 1. The van der Waals surface area contributed by atoms with Crippen molar-refractivity contribution >= 4 is 23.3 Å². The molecule has 5 nitrogen and oxygen atoms in total. The molecule has 0 spiro atoms. The summed E-state index contributed by atoms with van der Waals surface area (Å²) >= 11 is 0. The van der Waals surface area contributed by atoms with Crippen molar-refractivity contribution in [1.82, 2.24) is 0 Å². The third-order valence-corrected chi connectivity index (χ3v) is 4.37. The summed E-state index contributed by atoms with van der Waals surface area (Å²) in [4.78, 5) is 37.2. The zero-order chi connectivity index (χ0) is 18.7. The van der Waals surface area contributed by atoms with Gasteiger partial charge in [0.1, 0.15) is 5.82 Å². The number of esters is 1. The van der Waals surface area contributed by atoms with Crippen LogP contribution in [-0.2, 0) is 27.2 Å². The standard InChI is InChI=1S/C20H18FNO4/c1-22-17-8-5-14(10-15(17)11-19(22)24)18(23)12-26-20(25)9-4-13-2-6-16(21)7-3-13/h2-3,5-8,10H,4,9,11-12H2,1H3. The molecule has 0 radical (unpaired) electrons. The molecule has 0 aliphatic carbocycles. The molecule has 1 aliphatic rings. The monoisotopic (exact) mass is 355 g/mol. The number of carbonyl (C=O) groups is 3. The van der Waals surface area contributed by atoms with E-state index in [-0.39, 0.29) is 37.0 Å². The van der Waals surface area contributed by atoms with Crippen LogP contribution in [0.3, 0.4) is 0 Å². The summed E-state index contributed by atoms with van der Waals surface area (Å²) in [7, 11) is 1.69. The smallest absolute Gasteiger partial charge is 0.306 e. The molecule has 0 bridgehead atoms. The van der Waals surface area contributed by atoms with Crippen LogP contribution in [0.1, 0.15) is 27.9 Å². The van der Waals surface area contributed by atoms with Crippen LogP contribution in [0, 0.1) is 5.82 Å². The van der Waals surface area contributed by atoms with Crippen LogP contribution in [0.2, 0.25) is 0 Å². The van der Waals surface area contributed by atoms with Crippen molar-refractivity contribution < 1.29 is 23.5 Å². The van der Waals surface area contributed by atoms with E-state index in [9.17, 15) is 18.8 Å². The van der Waals surface area contributed by atoms with Gasteiger partial charge in [-0.05, 0) is 47.9 Å². The van der Waals surface area contributed by atoms with Crippen molar-refractivity contribution in [2.75, 3.05) is 18.6 Å². The lowest BCUT2D eigenvalue weighted by Crippen LogP contribution is -2.20. The van der Waals surface area contributed by atoms with E-state index in [2.05, 4.69) is 0 Å². The summed E-state index contributed by atoms with van der Waals surface area (Å²) in [5, 5.41) is 0. The summed E-state index contributed by atoms with van der Waals surface area (Å²) in [6.45, 7) is -0.342. The number of halogens is 1. The van der Waals surface area contributed by atoms with Gasteiger partial charge in [-0.25, -0.2) is 4.39 Å². The van der Waals surface area contributed by atoms with Crippen molar-refractivity contribution in [3.05, 3.63) is 65.0 Å². The van der Waals surface area contributed by atoms with Gasteiger partial charge in [-0.3, -0.25) is 14.4 Å². The van der Waals surface area contributed by atoms with E-state index in [0.29, 0.717) is 12.0 Å². The molecule has 0 N–H and O–H groups in total. The molecular weight excluding hydrogens is 337 g/mol. The number of nitrogens with zero attached hydrogens (tertiary/aromatic N) is 1. The molecule has 0 unspecified atom stereocenters. The van der Waals surface area contributed by atoms with Crippen LogP contribution < -0.4 is 4.90 Å². The normalized spacial score (nSPS) is 12.8. The van der Waals surface area contributed by atoms with Crippen LogP contribution >= 0.6 is 0 Å². The number of rotatable bonds is 6. The Balaban J connectivity index is 1.51. The Hall–Kier alpha value is -3.02. The van der Waals surface area contributed by atoms with E-state index in [1.165, 1.54) is 12.1 Å². The van der Waals surface area contributed by atoms with Gasteiger partial charge in [-0.15, -0.1) is 0 Å². The Morgan fingerprint density at radius 3 is 2.62 bits per heavy atom. The second-order valence-electron chi connectivity index (χ2n) is 6.18. The molecule has 3 rings (SSSR count). The van der Waals surface area contributed by atoms with Gasteiger partial charge in [-0.1, -0.05) is 12.1 Å². The minimum absolute atomic E-state index is 0.0168. The summed E-state index contributed by atoms with van der Waals surface area (Å²) in [6, 6.07) is 10.9. The van der Waals surface area contributed by atoms with Crippen LogP contribution in [0.4, 0.5) is 10.1 Å². The zero-order valence-corrected chi connectivity index (χ0v) is 14.3. The average Bonchev–Trinajstić information content (AvgIpc) is 2.92. The summed E-state index contributed by atoms with van der Waals surface area (Å²) in [6.07, 6.45) is 0.799. The maximum Gasteiger partial charge on any atom is 0.306 e. The first-order valence-electron chi connectivity index (χ1n) is 8.27. The maximum atomic E-state index is 12.8. The van der Waals surface area contributed by atoms with Crippen molar-refractivity contribution in [3.63, 3.8) is 0 Å². The number of hydrogen-bond donors (Lipinski definition) is 0. The Morgan fingerprint density at radius 2 is 1.88 bits per heavy atom. The van der Waals surface area contributed by atoms with Crippen LogP contribution in [-0.4, -0.2) is 31.3 Å². The molecule has 26 heavy (non-hydrogen) atoms. The van der Waals surface area contributed by atoms with Crippen molar-refractivity contribution in [2.24, 2.45) is 0 Å². The van der Waals surface area contributed by atoms with E-state index in [1.807, 2.05) is 0 Å². The van der Waals surface area contributed by atoms with Crippen molar-refractivity contribution in [1.29, 1.82) is 0 Å². The number of aryl methyl sites for hydroxylation is 1. The predicted octanol–water partition coefficient (Wildman–Crippen LogP) is 2.70. The van der Waals surface area contributed by atoms with Gasteiger partial charge in [0.05, 0.1) is 6.42 Å². The number of likely N-dealkylation sites (N-methyl/N-ethyl adjacent to an activating group) is 1. The Labute approximate surface area is 150 Å². The molecular formula is C20H18FNO4. The molecule has 2 aromatic rings. The number of hydrogen-bond acceptors (Lipinski definition) is 4. The number of carbonyl (C=O) groups excluding carboxylic acids is 3. The van der Waals surface area contributed by atoms with Gasteiger partial charge in [0.15, 0.2) is 12.4 Å². The van der Waals surface area contributed by atoms with E-state index < -0.39 is 5.97 Å². The SMILES string of the molecule is CN1C(=O)Cc2cc(C(=O)COC(=O)CCc3ccc(F)cc3)ccc21. The Morgan fingerprint density at radius 1 is 1.15 bits per heavy atom. The lowest BCUT2D eigenvalue weighted by atomic mass is 10.1. The zero-order valence-electron chi connectivity index (χ0n) is 14.3. The van der Waals surface area contributed by atoms with E-state index in [4.69, 9.17) is 4.74 Å². The average molecular weight is 355 g/mol. The molecule has 134 valence electrons. The van der Waals surface area contributed by atoms with Crippen LogP contribution in [0.25, 0.3) is 0 Å². The molecule has 2 aromatic carbocycles. The van der Waals surface area contributed by atoms with Gasteiger partial charge in [0, 0.05) is 24.7 Å². The fraction of sp³-hybridized carbons (Fsp3) is 0.250. The summed E-state index contributed by atoms with van der Waals surface area (Å²) in [5.41, 5.74) is 2.83. The highest BCUT2D eigenvalue weighted by Gasteiger charge is 2.24. The molecule has 0 atom stereocenters. The molecule has 6 heteroatoms. The molecule has 1 amide bonds. The van der Waals surface area contributed by atoms with E-state index >= 15 is 0 Å².